The third-order valence-electron chi connectivity index (χ3n) is 5.07. The predicted octanol–water partition coefficient (Wildman–Crippen LogP) is 2.90. The van der Waals surface area contributed by atoms with Gasteiger partial charge in [-0.3, -0.25) is 0 Å². The fourth-order valence-electron chi connectivity index (χ4n) is 3.82. The Morgan fingerprint density at radius 3 is 2.60 bits per heavy atom. The van der Waals surface area contributed by atoms with Gasteiger partial charge in [-0.25, -0.2) is 0 Å². The molecule has 118 valence electrons. The van der Waals surface area contributed by atoms with Crippen molar-refractivity contribution in [1.82, 2.24) is 10.2 Å². The van der Waals surface area contributed by atoms with Gasteiger partial charge in [0.1, 0.15) is 0 Å². The zero-order valence-corrected chi connectivity index (χ0v) is 13.6. The molecule has 2 aliphatic rings. The van der Waals surface area contributed by atoms with Crippen LogP contribution in [0.15, 0.2) is 0 Å². The van der Waals surface area contributed by atoms with E-state index in [9.17, 15) is 0 Å². The van der Waals surface area contributed by atoms with Crippen molar-refractivity contribution < 1.29 is 4.74 Å². The summed E-state index contributed by atoms with van der Waals surface area (Å²) in [6.07, 6.45) is 8.06. The summed E-state index contributed by atoms with van der Waals surface area (Å²) in [4.78, 5) is 2.70. The lowest BCUT2D eigenvalue weighted by atomic mass is 9.84. The van der Waals surface area contributed by atoms with Crippen LogP contribution in [0.2, 0.25) is 0 Å². The van der Waals surface area contributed by atoms with Crippen molar-refractivity contribution in [2.75, 3.05) is 45.9 Å². The van der Waals surface area contributed by atoms with Crippen LogP contribution in [0.3, 0.4) is 0 Å². The monoisotopic (exact) mass is 282 g/mol. The maximum atomic E-state index is 5.73. The van der Waals surface area contributed by atoms with Gasteiger partial charge < -0.3 is 15.0 Å². The van der Waals surface area contributed by atoms with E-state index in [1.807, 2.05) is 0 Å². The van der Waals surface area contributed by atoms with Crippen molar-refractivity contribution in [3.63, 3.8) is 0 Å². The zero-order chi connectivity index (χ0) is 14.3. The minimum Gasteiger partial charge on any atom is -0.381 e. The summed E-state index contributed by atoms with van der Waals surface area (Å²) in [6, 6.07) is 0. The zero-order valence-electron chi connectivity index (χ0n) is 13.6. The van der Waals surface area contributed by atoms with Gasteiger partial charge in [0.15, 0.2) is 0 Å². The van der Waals surface area contributed by atoms with Crippen LogP contribution in [0.4, 0.5) is 0 Å². The molecule has 0 saturated carbocycles. The summed E-state index contributed by atoms with van der Waals surface area (Å²) >= 11 is 0. The minimum absolute atomic E-state index is 0.382. The third-order valence-corrected chi connectivity index (χ3v) is 5.07. The van der Waals surface area contributed by atoms with Crippen LogP contribution in [0.25, 0.3) is 0 Å². The SMILES string of the molecule is CCCNCC1(CN2CCC(CCC)CC2)CCOC1. The molecule has 0 aromatic carbocycles. The molecule has 2 aliphatic heterocycles. The first-order valence-corrected chi connectivity index (χ1v) is 8.79. The van der Waals surface area contributed by atoms with Gasteiger partial charge in [0.05, 0.1) is 6.61 Å². The molecular weight excluding hydrogens is 248 g/mol. The molecule has 0 amide bonds. The van der Waals surface area contributed by atoms with Gasteiger partial charge in [0, 0.05) is 25.1 Å². The summed E-state index contributed by atoms with van der Waals surface area (Å²) in [5.41, 5.74) is 0.382. The highest BCUT2D eigenvalue weighted by Gasteiger charge is 2.37. The Morgan fingerprint density at radius 2 is 2.00 bits per heavy atom. The van der Waals surface area contributed by atoms with Crippen LogP contribution in [-0.2, 0) is 4.74 Å². The summed E-state index contributed by atoms with van der Waals surface area (Å²) in [5, 5.41) is 3.63. The van der Waals surface area contributed by atoms with Gasteiger partial charge in [-0.2, -0.15) is 0 Å². The molecule has 0 aromatic rings. The van der Waals surface area contributed by atoms with E-state index in [2.05, 4.69) is 24.1 Å². The topological polar surface area (TPSA) is 24.5 Å². The maximum Gasteiger partial charge on any atom is 0.0547 e. The van der Waals surface area contributed by atoms with Crippen molar-refractivity contribution in [3.8, 4) is 0 Å². The fourth-order valence-corrected chi connectivity index (χ4v) is 3.82. The summed E-state index contributed by atoms with van der Waals surface area (Å²) in [6.45, 7) is 12.6. The number of nitrogens with one attached hydrogen (secondary N) is 1. The van der Waals surface area contributed by atoms with Crippen LogP contribution in [0, 0.1) is 11.3 Å². The van der Waals surface area contributed by atoms with Crippen molar-refractivity contribution >= 4 is 0 Å². The Bertz CT molecular complexity index is 256. The van der Waals surface area contributed by atoms with Gasteiger partial charge in [0.25, 0.3) is 0 Å². The van der Waals surface area contributed by atoms with Crippen molar-refractivity contribution in [2.45, 2.75) is 52.4 Å². The molecule has 1 unspecified atom stereocenters. The highest BCUT2D eigenvalue weighted by Crippen LogP contribution is 2.31. The van der Waals surface area contributed by atoms with E-state index in [0.29, 0.717) is 5.41 Å². The number of piperidine rings is 1. The van der Waals surface area contributed by atoms with Crippen LogP contribution in [0.1, 0.15) is 52.4 Å². The van der Waals surface area contributed by atoms with E-state index in [-0.39, 0.29) is 0 Å². The molecule has 0 aromatic heterocycles. The molecule has 3 nitrogen and oxygen atoms in total. The minimum atomic E-state index is 0.382. The highest BCUT2D eigenvalue weighted by molar-refractivity contribution is 4.89. The lowest BCUT2D eigenvalue weighted by Crippen LogP contribution is -2.47. The van der Waals surface area contributed by atoms with Crippen LogP contribution >= 0.6 is 0 Å². The largest absolute Gasteiger partial charge is 0.381 e. The molecular formula is C17H34N2O. The Morgan fingerprint density at radius 1 is 1.20 bits per heavy atom. The Labute approximate surface area is 125 Å². The number of rotatable bonds is 8. The Balaban J connectivity index is 1.77. The normalized spacial score (nSPS) is 29.1. The molecule has 2 saturated heterocycles. The molecule has 0 bridgehead atoms. The first-order valence-electron chi connectivity index (χ1n) is 8.79. The summed E-state index contributed by atoms with van der Waals surface area (Å²) in [5.74, 6) is 0.991. The summed E-state index contributed by atoms with van der Waals surface area (Å²) < 4.78 is 5.73. The van der Waals surface area contributed by atoms with Gasteiger partial charge in [-0.1, -0.05) is 26.7 Å². The molecule has 2 heterocycles. The second kappa shape index (κ2) is 8.35. The predicted molar refractivity (Wildman–Crippen MR) is 85.1 cm³/mol. The molecule has 0 aliphatic carbocycles. The molecule has 1 N–H and O–H groups in total. The first-order chi connectivity index (χ1) is 9.78. The van der Waals surface area contributed by atoms with Crippen LogP contribution in [-0.4, -0.2) is 50.8 Å². The lowest BCUT2D eigenvalue weighted by molar-refractivity contribution is 0.0859. The molecule has 2 rings (SSSR count). The van der Waals surface area contributed by atoms with Gasteiger partial charge in [-0.05, 0) is 51.2 Å². The number of ether oxygens (including phenoxy) is 1. The van der Waals surface area contributed by atoms with Crippen LogP contribution < -0.4 is 5.32 Å². The van der Waals surface area contributed by atoms with E-state index < -0.39 is 0 Å². The van der Waals surface area contributed by atoms with E-state index in [4.69, 9.17) is 4.74 Å². The quantitative estimate of drug-likeness (QED) is 0.693. The van der Waals surface area contributed by atoms with E-state index in [1.54, 1.807) is 0 Å². The molecule has 0 radical (unpaired) electrons. The Kier molecular flexibility index (Phi) is 6.79. The highest BCUT2D eigenvalue weighted by atomic mass is 16.5. The third kappa shape index (κ3) is 4.71. The average Bonchev–Trinajstić information content (AvgIpc) is 2.90. The van der Waals surface area contributed by atoms with E-state index >= 15 is 0 Å². The fraction of sp³-hybridized carbons (Fsp3) is 1.00. The maximum absolute atomic E-state index is 5.73. The smallest absolute Gasteiger partial charge is 0.0547 e. The van der Waals surface area contributed by atoms with Crippen LogP contribution in [0.5, 0.6) is 0 Å². The molecule has 3 heteroatoms. The lowest BCUT2D eigenvalue weighted by Gasteiger charge is -2.38. The van der Waals surface area contributed by atoms with Crippen molar-refractivity contribution in [1.29, 1.82) is 0 Å². The summed E-state index contributed by atoms with van der Waals surface area (Å²) in [7, 11) is 0. The van der Waals surface area contributed by atoms with Crippen molar-refractivity contribution in [2.24, 2.45) is 11.3 Å². The average molecular weight is 282 g/mol. The number of likely N-dealkylation sites (tertiary alicyclic amines) is 1. The van der Waals surface area contributed by atoms with E-state index in [0.717, 1.165) is 32.2 Å². The Hall–Kier alpha value is -0.120. The molecule has 1 atom stereocenters. The second-order valence-electron chi connectivity index (χ2n) is 6.99. The molecule has 0 spiro atoms. The van der Waals surface area contributed by atoms with E-state index in [1.165, 1.54) is 58.2 Å². The first kappa shape index (κ1) is 16.3. The number of hydrogen-bond donors (Lipinski definition) is 1. The number of hydrogen-bond acceptors (Lipinski definition) is 3. The van der Waals surface area contributed by atoms with Gasteiger partial charge >= 0.3 is 0 Å². The van der Waals surface area contributed by atoms with Gasteiger partial charge in [0.2, 0.25) is 0 Å². The van der Waals surface area contributed by atoms with Crippen molar-refractivity contribution in [3.05, 3.63) is 0 Å². The second-order valence-corrected chi connectivity index (χ2v) is 6.99. The molecule has 20 heavy (non-hydrogen) atoms. The molecule has 2 fully saturated rings. The van der Waals surface area contributed by atoms with Gasteiger partial charge in [-0.15, -0.1) is 0 Å². The number of nitrogens with zero attached hydrogens (tertiary/aromatic N) is 1. The standard InChI is InChI=1S/C17H34N2O/c1-3-5-16-6-10-19(11-7-16)14-17(8-12-20-15-17)13-18-9-4-2/h16,18H,3-15H2,1-2H3.